The molecule has 90 valence electrons. The van der Waals surface area contributed by atoms with E-state index in [-0.39, 0.29) is 0 Å². The number of nitrogens with two attached hydrogens (primary N) is 1. The van der Waals surface area contributed by atoms with Crippen LogP contribution in [-0.4, -0.2) is 30.6 Å². The monoisotopic (exact) mass is 212 g/mol. The highest BCUT2D eigenvalue weighted by Gasteiger charge is 2.24. The van der Waals surface area contributed by atoms with Crippen LogP contribution < -0.4 is 5.73 Å². The summed E-state index contributed by atoms with van der Waals surface area (Å²) in [6.45, 7) is 7.95. The van der Waals surface area contributed by atoms with E-state index in [1.807, 2.05) is 0 Å². The van der Waals surface area contributed by atoms with Crippen LogP contribution in [0.25, 0.3) is 0 Å². The first-order valence-electron chi connectivity index (χ1n) is 6.46. The molecular weight excluding hydrogens is 184 g/mol. The molecular formula is C13H28N2. The molecule has 0 aromatic heterocycles. The molecule has 2 heteroatoms. The van der Waals surface area contributed by atoms with Gasteiger partial charge in [-0.05, 0) is 51.1 Å². The Morgan fingerprint density at radius 3 is 2.47 bits per heavy atom. The van der Waals surface area contributed by atoms with Gasteiger partial charge in [-0.15, -0.1) is 0 Å². The summed E-state index contributed by atoms with van der Waals surface area (Å²) in [5, 5.41) is 0. The van der Waals surface area contributed by atoms with Gasteiger partial charge in [-0.1, -0.05) is 20.8 Å². The molecule has 1 rings (SSSR count). The second-order valence-electron chi connectivity index (χ2n) is 5.75. The molecule has 0 radical (unpaired) electrons. The number of nitrogens with zero attached hydrogens (tertiary/aromatic N) is 1. The molecule has 0 aromatic rings. The lowest BCUT2D eigenvalue weighted by atomic mass is 10.0. The van der Waals surface area contributed by atoms with Crippen molar-refractivity contribution >= 4 is 0 Å². The zero-order valence-electron chi connectivity index (χ0n) is 10.9. The maximum absolute atomic E-state index is 6.06. The zero-order chi connectivity index (χ0) is 11.4. The van der Waals surface area contributed by atoms with Crippen LogP contribution in [0, 0.1) is 11.8 Å². The van der Waals surface area contributed by atoms with Gasteiger partial charge in [0.15, 0.2) is 0 Å². The molecule has 1 saturated carbocycles. The summed E-state index contributed by atoms with van der Waals surface area (Å²) >= 11 is 0. The van der Waals surface area contributed by atoms with E-state index in [0.717, 1.165) is 24.9 Å². The summed E-state index contributed by atoms with van der Waals surface area (Å²) in [4.78, 5) is 2.52. The van der Waals surface area contributed by atoms with E-state index in [1.165, 1.54) is 19.3 Å². The lowest BCUT2D eigenvalue weighted by Crippen LogP contribution is -2.36. The first-order valence-corrected chi connectivity index (χ1v) is 6.46. The van der Waals surface area contributed by atoms with Crippen molar-refractivity contribution < 1.29 is 0 Å². The molecule has 0 amide bonds. The normalized spacial score (nSPS) is 29.0. The standard InChI is InChI=1S/C13H28N2/c1-10(2)13(14)7-8-15(4)12-6-5-11(3)9-12/h10-13H,5-9,14H2,1-4H3. The average molecular weight is 212 g/mol. The molecule has 0 spiro atoms. The van der Waals surface area contributed by atoms with Crippen molar-refractivity contribution in [3.05, 3.63) is 0 Å². The molecule has 3 atom stereocenters. The second kappa shape index (κ2) is 5.86. The predicted octanol–water partition coefficient (Wildman–Crippen LogP) is 2.48. The smallest absolute Gasteiger partial charge is 0.00948 e. The molecule has 1 aliphatic carbocycles. The Kier molecular flexibility index (Phi) is 5.07. The van der Waals surface area contributed by atoms with Crippen LogP contribution in [0.15, 0.2) is 0 Å². The van der Waals surface area contributed by atoms with Crippen molar-refractivity contribution in [3.8, 4) is 0 Å². The summed E-state index contributed by atoms with van der Waals surface area (Å²) in [6, 6.07) is 1.19. The fourth-order valence-corrected chi connectivity index (χ4v) is 2.45. The number of hydrogen-bond acceptors (Lipinski definition) is 2. The van der Waals surface area contributed by atoms with E-state index in [1.54, 1.807) is 0 Å². The second-order valence-corrected chi connectivity index (χ2v) is 5.75. The van der Waals surface area contributed by atoms with Crippen LogP contribution in [-0.2, 0) is 0 Å². The van der Waals surface area contributed by atoms with Crippen LogP contribution >= 0.6 is 0 Å². The molecule has 1 fully saturated rings. The third kappa shape index (κ3) is 4.12. The van der Waals surface area contributed by atoms with Gasteiger partial charge in [-0.2, -0.15) is 0 Å². The quantitative estimate of drug-likeness (QED) is 0.758. The Hall–Kier alpha value is -0.0800. The largest absolute Gasteiger partial charge is 0.327 e. The molecule has 2 nitrogen and oxygen atoms in total. The van der Waals surface area contributed by atoms with Crippen molar-refractivity contribution in [3.63, 3.8) is 0 Å². The first-order chi connectivity index (χ1) is 7.00. The van der Waals surface area contributed by atoms with Crippen LogP contribution in [0.3, 0.4) is 0 Å². The summed E-state index contributed by atoms with van der Waals surface area (Å²) in [7, 11) is 2.26. The molecule has 0 aliphatic heterocycles. The van der Waals surface area contributed by atoms with E-state index in [4.69, 9.17) is 5.73 Å². The van der Waals surface area contributed by atoms with Gasteiger partial charge in [0.2, 0.25) is 0 Å². The Labute approximate surface area is 95.2 Å². The first kappa shape index (κ1) is 13.0. The maximum atomic E-state index is 6.06. The summed E-state index contributed by atoms with van der Waals surface area (Å²) < 4.78 is 0. The van der Waals surface area contributed by atoms with E-state index < -0.39 is 0 Å². The summed E-state index contributed by atoms with van der Waals surface area (Å²) in [5.74, 6) is 1.54. The van der Waals surface area contributed by atoms with Gasteiger partial charge in [-0.3, -0.25) is 0 Å². The van der Waals surface area contributed by atoms with Crippen molar-refractivity contribution in [2.24, 2.45) is 17.6 Å². The van der Waals surface area contributed by atoms with E-state index in [0.29, 0.717) is 12.0 Å². The molecule has 0 heterocycles. The Morgan fingerprint density at radius 1 is 1.33 bits per heavy atom. The van der Waals surface area contributed by atoms with Crippen molar-refractivity contribution in [2.75, 3.05) is 13.6 Å². The minimum Gasteiger partial charge on any atom is -0.327 e. The highest BCUT2D eigenvalue weighted by atomic mass is 15.1. The fraction of sp³-hybridized carbons (Fsp3) is 1.00. The SMILES string of the molecule is CC1CCC(N(C)CCC(N)C(C)C)C1. The minimum absolute atomic E-state index is 0.367. The van der Waals surface area contributed by atoms with Crippen LogP contribution in [0.5, 0.6) is 0 Å². The van der Waals surface area contributed by atoms with Crippen molar-refractivity contribution in [1.82, 2.24) is 4.90 Å². The average Bonchev–Trinajstić information content (AvgIpc) is 2.60. The zero-order valence-corrected chi connectivity index (χ0v) is 10.9. The summed E-state index contributed by atoms with van der Waals surface area (Å²) in [5.41, 5.74) is 6.06. The number of rotatable bonds is 5. The molecule has 0 saturated heterocycles. The van der Waals surface area contributed by atoms with Gasteiger partial charge in [0.25, 0.3) is 0 Å². The van der Waals surface area contributed by atoms with Crippen molar-refractivity contribution in [2.45, 2.75) is 58.5 Å². The van der Waals surface area contributed by atoms with Gasteiger partial charge in [0.1, 0.15) is 0 Å². The third-order valence-corrected chi connectivity index (χ3v) is 3.96. The van der Waals surface area contributed by atoms with Crippen LogP contribution in [0.1, 0.15) is 46.5 Å². The highest BCUT2D eigenvalue weighted by Crippen LogP contribution is 2.28. The van der Waals surface area contributed by atoms with Crippen LogP contribution in [0.4, 0.5) is 0 Å². The lowest BCUT2D eigenvalue weighted by Gasteiger charge is -2.26. The molecule has 1 aliphatic rings. The van der Waals surface area contributed by atoms with Gasteiger partial charge < -0.3 is 10.6 Å². The van der Waals surface area contributed by atoms with Gasteiger partial charge in [0, 0.05) is 12.1 Å². The van der Waals surface area contributed by atoms with E-state index in [9.17, 15) is 0 Å². The minimum atomic E-state index is 0.367. The lowest BCUT2D eigenvalue weighted by molar-refractivity contribution is 0.226. The number of hydrogen-bond donors (Lipinski definition) is 1. The van der Waals surface area contributed by atoms with Crippen LogP contribution in [0.2, 0.25) is 0 Å². The maximum Gasteiger partial charge on any atom is 0.00948 e. The van der Waals surface area contributed by atoms with E-state index in [2.05, 4.69) is 32.7 Å². The van der Waals surface area contributed by atoms with Gasteiger partial charge >= 0.3 is 0 Å². The topological polar surface area (TPSA) is 29.3 Å². The molecule has 2 N–H and O–H groups in total. The predicted molar refractivity (Wildman–Crippen MR) is 66.9 cm³/mol. The summed E-state index contributed by atoms with van der Waals surface area (Å²) in [6.07, 6.45) is 5.31. The van der Waals surface area contributed by atoms with E-state index >= 15 is 0 Å². The van der Waals surface area contributed by atoms with Gasteiger partial charge in [0.05, 0.1) is 0 Å². The molecule has 15 heavy (non-hydrogen) atoms. The Bertz CT molecular complexity index is 179. The fourth-order valence-electron chi connectivity index (χ4n) is 2.45. The Balaban J connectivity index is 2.21. The van der Waals surface area contributed by atoms with Gasteiger partial charge in [-0.25, -0.2) is 0 Å². The highest BCUT2D eigenvalue weighted by molar-refractivity contribution is 4.80. The molecule has 0 aromatic carbocycles. The van der Waals surface area contributed by atoms with Crippen molar-refractivity contribution in [1.29, 1.82) is 0 Å². The Morgan fingerprint density at radius 2 is 2.00 bits per heavy atom. The molecule has 0 bridgehead atoms. The molecule has 3 unspecified atom stereocenters. The third-order valence-electron chi connectivity index (χ3n) is 3.96.